The largest absolute Gasteiger partial charge is 0.306 e. The normalized spacial score (nSPS) is 11.1. The van der Waals surface area contributed by atoms with Crippen LogP contribution in [0.3, 0.4) is 0 Å². The first-order valence-electron chi connectivity index (χ1n) is 4.64. The first-order valence-corrected chi connectivity index (χ1v) is 4.64. The third-order valence-electron chi connectivity index (χ3n) is 2.28. The van der Waals surface area contributed by atoms with Gasteiger partial charge in [-0.2, -0.15) is 0 Å². The highest BCUT2D eigenvalue weighted by Crippen LogP contribution is 2.15. The van der Waals surface area contributed by atoms with E-state index < -0.39 is 0 Å². The van der Waals surface area contributed by atoms with Crippen LogP contribution in [0.15, 0.2) is 24.5 Å². The minimum atomic E-state index is 0.478. The van der Waals surface area contributed by atoms with Gasteiger partial charge in [-0.1, -0.05) is 19.9 Å². The molecule has 2 aromatic heterocycles. The molecule has 0 aliphatic heterocycles. The summed E-state index contributed by atoms with van der Waals surface area (Å²) in [5.74, 6) is 0.487. The van der Waals surface area contributed by atoms with Crippen molar-refractivity contribution in [2.24, 2.45) is 0 Å². The Kier molecular flexibility index (Phi) is 2.08. The smallest absolute Gasteiger partial charge is 0.170 e. The number of pyridine rings is 1. The lowest BCUT2D eigenvalue weighted by Gasteiger charge is -2.04. The summed E-state index contributed by atoms with van der Waals surface area (Å²) in [5, 5.41) is 0. The number of aromatic nitrogens is 2. The van der Waals surface area contributed by atoms with Crippen molar-refractivity contribution in [3.05, 3.63) is 35.8 Å². The summed E-state index contributed by atoms with van der Waals surface area (Å²) in [6.07, 6.45) is 4.52. The first kappa shape index (κ1) is 8.94. The van der Waals surface area contributed by atoms with Gasteiger partial charge < -0.3 is 4.40 Å². The number of nitrogens with zero attached hydrogens (tertiary/aromatic N) is 2. The topological polar surface area (TPSA) is 34.4 Å². The predicted molar refractivity (Wildman–Crippen MR) is 54.7 cm³/mol. The Morgan fingerprint density at radius 2 is 2.14 bits per heavy atom. The van der Waals surface area contributed by atoms with E-state index in [0.717, 1.165) is 11.9 Å². The molecule has 0 spiro atoms. The number of imidazole rings is 1. The Hall–Kier alpha value is -1.64. The quantitative estimate of drug-likeness (QED) is 0.677. The van der Waals surface area contributed by atoms with Crippen LogP contribution in [0.1, 0.15) is 35.8 Å². The van der Waals surface area contributed by atoms with Crippen LogP contribution in [-0.4, -0.2) is 15.7 Å². The number of carbonyl (C=O) groups is 1. The van der Waals surface area contributed by atoms with Crippen LogP contribution in [0.2, 0.25) is 0 Å². The fourth-order valence-corrected chi connectivity index (χ4v) is 1.43. The number of fused-ring (bicyclic) bond motifs is 1. The standard InChI is InChI=1S/C11H12N2O/c1-8(2)9-3-4-11-12-10(7-14)6-13(11)5-9/h3-8H,1-2H3. The molecule has 2 rings (SSSR count). The number of hydrogen-bond acceptors (Lipinski definition) is 2. The van der Waals surface area contributed by atoms with E-state index in [1.165, 1.54) is 5.56 Å². The van der Waals surface area contributed by atoms with Gasteiger partial charge in [-0.15, -0.1) is 0 Å². The monoisotopic (exact) mass is 188 g/mol. The van der Waals surface area contributed by atoms with Gasteiger partial charge in [0.1, 0.15) is 11.3 Å². The molecular weight excluding hydrogens is 176 g/mol. The highest BCUT2D eigenvalue weighted by Gasteiger charge is 2.03. The summed E-state index contributed by atoms with van der Waals surface area (Å²) < 4.78 is 1.89. The van der Waals surface area contributed by atoms with Crippen LogP contribution in [-0.2, 0) is 0 Å². The highest BCUT2D eigenvalue weighted by molar-refractivity contribution is 5.73. The Morgan fingerprint density at radius 1 is 1.36 bits per heavy atom. The van der Waals surface area contributed by atoms with E-state index in [2.05, 4.69) is 18.8 Å². The molecule has 0 aliphatic rings. The Bertz CT molecular complexity index is 471. The predicted octanol–water partition coefficient (Wildman–Crippen LogP) is 2.27. The second-order valence-corrected chi connectivity index (χ2v) is 3.67. The van der Waals surface area contributed by atoms with Crippen LogP contribution in [0.4, 0.5) is 0 Å². The molecule has 0 fully saturated rings. The third-order valence-corrected chi connectivity index (χ3v) is 2.28. The van der Waals surface area contributed by atoms with E-state index in [1.807, 2.05) is 22.7 Å². The Balaban J connectivity index is 2.59. The van der Waals surface area contributed by atoms with E-state index in [1.54, 1.807) is 6.20 Å². The van der Waals surface area contributed by atoms with E-state index in [-0.39, 0.29) is 0 Å². The van der Waals surface area contributed by atoms with Crippen molar-refractivity contribution in [1.29, 1.82) is 0 Å². The van der Waals surface area contributed by atoms with Crippen molar-refractivity contribution < 1.29 is 4.79 Å². The van der Waals surface area contributed by atoms with E-state index >= 15 is 0 Å². The van der Waals surface area contributed by atoms with E-state index in [9.17, 15) is 4.79 Å². The number of hydrogen-bond donors (Lipinski definition) is 0. The zero-order valence-electron chi connectivity index (χ0n) is 8.27. The van der Waals surface area contributed by atoms with Gasteiger partial charge in [-0.3, -0.25) is 4.79 Å². The van der Waals surface area contributed by atoms with E-state index in [0.29, 0.717) is 11.6 Å². The lowest BCUT2D eigenvalue weighted by molar-refractivity contribution is 0.111. The molecule has 72 valence electrons. The SMILES string of the molecule is CC(C)c1ccc2nc(C=O)cn2c1. The molecule has 3 heteroatoms. The molecule has 0 amide bonds. The fraction of sp³-hybridized carbons (Fsp3) is 0.273. The van der Waals surface area contributed by atoms with Gasteiger partial charge in [0.2, 0.25) is 0 Å². The summed E-state index contributed by atoms with van der Waals surface area (Å²) in [6, 6.07) is 3.98. The second kappa shape index (κ2) is 3.25. The lowest BCUT2D eigenvalue weighted by Crippen LogP contribution is -1.91. The summed E-state index contributed by atoms with van der Waals surface area (Å²) in [4.78, 5) is 14.6. The van der Waals surface area contributed by atoms with Crippen LogP contribution in [0.25, 0.3) is 5.65 Å². The molecule has 0 atom stereocenters. The average molecular weight is 188 g/mol. The maximum atomic E-state index is 10.5. The van der Waals surface area contributed by atoms with Crippen molar-refractivity contribution in [3.8, 4) is 0 Å². The Morgan fingerprint density at radius 3 is 2.79 bits per heavy atom. The molecule has 3 nitrogen and oxygen atoms in total. The minimum Gasteiger partial charge on any atom is -0.306 e. The van der Waals surface area contributed by atoms with Gasteiger partial charge in [-0.25, -0.2) is 4.98 Å². The summed E-state index contributed by atoms with van der Waals surface area (Å²) in [6.45, 7) is 4.28. The van der Waals surface area contributed by atoms with Crippen molar-refractivity contribution in [1.82, 2.24) is 9.38 Å². The van der Waals surface area contributed by atoms with Crippen molar-refractivity contribution in [2.45, 2.75) is 19.8 Å². The molecule has 0 aromatic carbocycles. The third kappa shape index (κ3) is 1.41. The second-order valence-electron chi connectivity index (χ2n) is 3.67. The molecule has 14 heavy (non-hydrogen) atoms. The minimum absolute atomic E-state index is 0.478. The van der Waals surface area contributed by atoms with Gasteiger partial charge in [0.25, 0.3) is 0 Å². The molecule has 0 saturated carbocycles. The molecule has 2 aromatic rings. The molecule has 0 bridgehead atoms. The van der Waals surface area contributed by atoms with Gasteiger partial charge in [0.15, 0.2) is 6.29 Å². The first-order chi connectivity index (χ1) is 6.70. The summed E-state index contributed by atoms with van der Waals surface area (Å²) in [5.41, 5.74) is 2.54. The molecule has 2 heterocycles. The molecule has 0 radical (unpaired) electrons. The Labute approximate surface area is 82.4 Å². The van der Waals surface area contributed by atoms with Crippen LogP contribution >= 0.6 is 0 Å². The van der Waals surface area contributed by atoms with Gasteiger partial charge in [0, 0.05) is 12.4 Å². The number of aldehydes is 1. The van der Waals surface area contributed by atoms with Crippen LogP contribution in [0, 0.1) is 0 Å². The molecule has 0 N–H and O–H groups in total. The maximum absolute atomic E-state index is 10.5. The summed E-state index contributed by atoms with van der Waals surface area (Å²) in [7, 11) is 0. The highest BCUT2D eigenvalue weighted by atomic mass is 16.1. The molecular formula is C11H12N2O. The van der Waals surface area contributed by atoms with Crippen LogP contribution < -0.4 is 0 Å². The zero-order chi connectivity index (χ0) is 10.1. The van der Waals surface area contributed by atoms with Crippen molar-refractivity contribution in [3.63, 3.8) is 0 Å². The number of rotatable bonds is 2. The number of carbonyl (C=O) groups excluding carboxylic acids is 1. The van der Waals surface area contributed by atoms with Gasteiger partial charge >= 0.3 is 0 Å². The maximum Gasteiger partial charge on any atom is 0.170 e. The summed E-state index contributed by atoms with van der Waals surface area (Å²) >= 11 is 0. The van der Waals surface area contributed by atoms with E-state index in [4.69, 9.17) is 0 Å². The molecule has 0 saturated heterocycles. The van der Waals surface area contributed by atoms with Crippen molar-refractivity contribution >= 4 is 11.9 Å². The average Bonchev–Trinajstić information content (AvgIpc) is 2.58. The lowest BCUT2D eigenvalue weighted by atomic mass is 10.1. The molecule has 0 aliphatic carbocycles. The zero-order valence-corrected chi connectivity index (χ0v) is 8.27. The van der Waals surface area contributed by atoms with Gasteiger partial charge in [0.05, 0.1) is 0 Å². The van der Waals surface area contributed by atoms with Gasteiger partial charge in [-0.05, 0) is 17.5 Å². The van der Waals surface area contributed by atoms with Crippen molar-refractivity contribution in [2.75, 3.05) is 0 Å². The fourth-order valence-electron chi connectivity index (χ4n) is 1.43. The molecule has 0 unspecified atom stereocenters. The van der Waals surface area contributed by atoms with Crippen LogP contribution in [0.5, 0.6) is 0 Å².